The van der Waals surface area contributed by atoms with Crippen LogP contribution < -0.4 is 0 Å². The van der Waals surface area contributed by atoms with Crippen molar-refractivity contribution in [1.82, 2.24) is 9.47 Å². The van der Waals surface area contributed by atoms with Gasteiger partial charge in [0.05, 0.1) is 5.56 Å². The molecule has 1 N–H and O–H groups in total. The maximum Gasteiger partial charge on any atom is 0.303 e. The van der Waals surface area contributed by atoms with Crippen molar-refractivity contribution in [2.24, 2.45) is 0 Å². The molecule has 1 aliphatic heterocycles. The van der Waals surface area contributed by atoms with Gasteiger partial charge in [0.1, 0.15) is 0 Å². The molecule has 0 radical (unpaired) electrons. The Morgan fingerprint density at radius 3 is 2.79 bits per heavy atom. The van der Waals surface area contributed by atoms with E-state index in [1.54, 1.807) is 0 Å². The summed E-state index contributed by atoms with van der Waals surface area (Å²) >= 11 is 0. The highest BCUT2D eigenvalue weighted by atomic mass is 16.4. The van der Waals surface area contributed by atoms with E-state index in [2.05, 4.69) is 11.5 Å². The van der Waals surface area contributed by atoms with Crippen molar-refractivity contribution in [2.45, 2.75) is 51.6 Å². The molecule has 1 amide bonds. The van der Waals surface area contributed by atoms with E-state index in [1.807, 2.05) is 35.4 Å². The van der Waals surface area contributed by atoms with Crippen molar-refractivity contribution < 1.29 is 14.7 Å². The number of aryl methyl sites for hydroxylation is 1. The SMILES string of the molecule is CCn1cc(C(=O)N2CCCCC2CCC(=O)O)c2ccccc21. The van der Waals surface area contributed by atoms with Crippen LogP contribution in [-0.2, 0) is 11.3 Å². The minimum absolute atomic E-state index is 0.0334. The summed E-state index contributed by atoms with van der Waals surface area (Å²) in [5.41, 5.74) is 1.80. The van der Waals surface area contributed by atoms with Crippen LogP contribution in [-0.4, -0.2) is 39.0 Å². The summed E-state index contributed by atoms with van der Waals surface area (Å²) in [6, 6.07) is 8.00. The topological polar surface area (TPSA) is 62.5 Å². The fourth-order valence-electron chi connectivity index (χ4n) is 3.69. The molecule has 1 fully saturated rings. The molecule has 0 saturated carbocycles. The third-order valence-electron chi connectivity index (χ3n) is 4.94. The Labute approximate surface area is 141 Å². The number of nitrogens with zero attached hydrogens (tertiary/aromatic N) is 2. The molecule has 2 heterocycles. The highest BCUT2D eigenvalue weighted by Crippen LogP contribution is 2.27. The smallest absolute Gasteiger partial charge is 0.303 e. The molecular formula is C19H24N2O3. The number of fused-ring (bicyclic) bond motifs is 1. The van der Waals surface area contributed by atoms with Crippen molar-refractivity contribution in [1.29, 1.82) is 0 Å². The van der Waals surface area contributed by atoms with Gasteiger partial charge in [0.15, 0.2) is 0 Å². The van der Waals surface area contributed by atoms with Gasteiger partial charge in [-0.05, 0) is 38.7 Å². The summed E-state index contributed by atoms with van der Waals surface area (Å²) in [6.45, 7) is 3.60. The average Bonchev–Trinajstić information content (AvgIpc) is 2.98. The van der Waals surface area contributed by atoms with Gasteiger partial charge in [-0.2, -0.15) is 0 Å². The number of rotatable bonds is 5. The molecule has 1 aromatic heterocycles. The predicted molar refractivity (Wildman–Crippen MR) is 93.2 cm³/mol. The van der Waals surface area contributed by atoms with Crippen LogP contribution in [0.4, 0.5) is 0 Å². The highest BCUT2D eigenvalue weighted by Gasteiger charge is 2.29. The van der Waals surface area contributed by atoms with Crippen LogP contribution in [0.1, 0.15) is 49.4 Å². The molecule has 128 valence electrons. The number of carboxylic acids is 1. The summed E-state index contributed by atoms with van der Waals surface area (Å²) in [4.78, 5) is 26.0. The molecule has 24 heavy (non-hydrogen) atoms. The zero-order valence-electron chi connectivity index (χ0n) is 14.1. The van der Waals surface area contributed by atoms with E-state index in [1.165, 1.54) is 0 Å². The average molecular weight is 328 g/mol. The molecule has 2 aromatic rings. The van der Waals surface area contributed by atoms with Gasteiger partial charge in [-0.1, -0.05) is 18.2 Å². The summed E-state index contributed by atoms with van der Waals surface area (Å²) < 4.78 is 2.10. The first kappa shape index (κ1) is 16.6. The van der Waals surface area contributed by atoms with Gasteiger partial charge < -0.3 is 14.6 Å². The van der Waals surface area contributed by atoms with E-state index in [0.717, 1.165) is 48.8 Å². The normalized spacial score (nSPS) is 18.0. The quantitative estimate of drug-likeness (QED) is 0.913. The van der Waals surface area contributed by atoms with E-state index < -0.39 is 5.97 Å². The molecule has 5 nitrogen and oxygen atoms in total. The lowest BCUT2D eigenvalue weighted by molar-refractivity contribution is -0.137. The molecule has 1 saturated heterocycles. The third-order valence-corrected chi connectivity index (χ3v) is 4.94. The van der Waals surface area contributed by atoms with Gasteiger partial charge in [0.2, 0.25) is 0 Å². The zero-order chi connectivity index (χ0) is 17.1. The number of benzene rings is 1. The van der Waals surface area contributed by atoms with E-state index >= 15 is 0 Å². The van der Waals surface area contributed by atoms with Gasteiger partial charge in [0, 0.05) is 42.7 Å². The summed E-state index contributed by atoms with van der Waals surface area (Å²) in [7, 11) is 0. The number of carbonyl (C=O) groups excluding carboxylic acids is 1. The third kappa shape index (κ3) is 3.16. The molecule has 1 unspecified atom stereocenters. The number of likely N-dealkylation sites (tertiary alicyclic amines) is 1. The standard InChI is InChI=1S/C19H24N2O3/c1-2-20-13-16(15-8-3-4-9-17(15)20)19(24)21-12-6-5-7-14(21)10-11-18(22)23/h3-4,8-9,13-14H,2,5-7,10-12H2,1H3,(H,22,23). The first-order valence-corrected chi connectivity index (χ1v) is 8.72. The molecule has 1 atom stereocenters. The Hall–Kier alpha value is -2.30. The first-order valence-electron chi connectivity index (χ1n) is 8.72. The summed E-state index contributed by atoms with van der Waals surface area (Å²) in [6.07, 6.45) is 5.53. The van der Waals surface area contributed by atoms with Crippen LogP contribution in [0.25, 0.3) is 10.9 Å². The van der Waals surface area contributed by atoms with Crippen LogP contribution in [0.5, 0.6) is 0 Å². The maximum atomic E-state index is 13.2. The minimum atomic E-state index is -0.796. The minimum Gasteiger partial charge on any atom is -0.481 e. The molecule has 3 rings (SSSR count). The highest BCUT2D eigenvalue weighted by molar-refractivity contribution is 6.07. The fourth-order valence-corrected chi connectivity index (χ4v) is 3.69. The van der Waals surface area contributed by atoms with Crippen molar-refractivity contribution in [3.63, 3.8) is 0 Å². The number of carbonyl (C=O) groups is 2. The summed E-state index contributed by atoms with van der Waals surface area (Å²) in [5, 5.41) is 9.93. The number of aromatic nitrogens is 1. The summed E-state index contributed by atoms with van der Waals surface area (Å²) in [5.74, 6) is -0.760. The second kappa shape index (κ2) is 7.07. The molecule has 0 aliphatic carbocycles. The molecule has 5 heteroatoms. The van der Waals surface area contributed by atoms with E-state index in [4.69, 9.17) is 5.11 Å². The second-order valence-electron chi connectivity index (χ2n) is 6.43. The molecule has 0 bridgehead atoms. The second-order valence-corrected chi connectivity index (χ2v) is 6.43. The van der Waals surface area contributed by atoms with Gasteiger partial charge in [-0.25, -0.2) is 0 Å². The Bertz CT molecular complexity index is 750. The lowest BCUT2D eigenvalue weighted by atomic mass is 9.97. The Balaban J connectivity index is 1.90. The van der Waals surface area contributed by atoms with Crippen molar-refractivity contribution >= 4 is 22.8 Å². The van der Waals surface area contributed by atoms with Crippen molar-refractivity contribution in [3.8, 4) is 0 Å². The largest absolute Gasteiger partial charge is 0.481 e. The predicted octanol–water partition coefficient (Wildman–Crippen LogP) is 3.52. The number of amides is 1. The lowest BCUT2D eigenvalue weighted by Gasteiger charge is -2.35. The van der Waals surface area contributed by atoms with Crippen LogP contribution in [0.2, 0.25) is 0 Å². The number of para-hydroxylation sites is 1. The number of aliphatic carboxylic acids is 1. The lowest BCUT2D eigenvalue weighted by Crippen LogP contribution is -2.43. The molecule has 0 spiro atoms. The van der Waals surface area contributed by atoms with Gasteiger partial charge in [0.25, 0.3) is 5.91 Å². The number of hydrogen-bond acceptors (Lipinski definition) is 2. The van der Waals surface area contributed by atoms with Crippen molar-refractivity contribution in [3.05, 3.63) is 36.0 Å². The first-order chi connectivity index (χ1) is 11.6. The maximum absolute atomic E-state index is 13.2. The van der Waals surface area contributed by atoms with E-state index in [9.17, 15) is 9.59 Å². The Morgan fingerprint density at radius 2 is 2.04 bits per heavy atom. The van der Waals surface area contributed by atoms with Crippen LogP contribution in [0, 0.1) is 0 Å². The molecule has 1 aliphatic rings. The van der Waals surface area contributed by atoms with Crippen LogP contribution in [0.3, 0.4) is 0 Å². The fraction of sp³-hybridized carbons (Fsp3) is 0.474. The number of hydrogen-bond donors (Lipinski definition) is 1. The van der Waals surface area contributed by atoms with Crippen LogP contribution in [0.15, 0.2) is 30.5 Å². The van der Waals surface area contributed by atoms with Gasteiger partial charge in [-0.15, -0.1) is 0 Å². The molecular weight excluding hydrogens is 304 g/mol. The van der Waals surface area contributed by atoms with Gasteiger partial charge in [-0.3, -0.25) is 9.59 Å². The molecule has 1 aromatic carbocycles. The van der Waals surface area contributed by atoms with Crippen molar-refractivity contribution in [2.75, 3.05) is 6.54 Å². The Morgan fingerprint density at radius 1 is 1.25 bits per heavy atom. The number of piperidine rings is 1. The van der Waals surface area contributed by atoms with E-state index in [-0.39, 0.29) is 18.4 Å². The number of carboxylic acid groups (broad SMARTS) is 1. The zero-order valence-corrected chi connectivity index (χ0v) is 14.1. The van der Waals surface area contributed by atoms with E-state index in [0.29, 0.717) is 6.42 Å². The monoisotopic (exact) mass is 328 g/mol. The Kier molecular flexibility index (Phi) is 4.88. The van der Waals surface area contributed by atoms with Gasteiger partial charge >= 0.3 is 5.97 Å². The van der Waals surface area contributed by atoms with Crippen LogP contribution >= 0.6 is 0 Å².